The Morgan fingerprint density at radius 2 is 1.94 bits per heavy atom. The molecular weight excluding hydrogens is 298 g/mol. The quantitative estimate of drug-likeness (QED) is 0.866. The molecule has 0 aliphatic carbocycles. The van der Waals surface area contributed by atoms with Crippen molar-refractivity contribution < 1.29 is 9.90 Å². The Bertz CT molecular complexity index is 572. The number of hydrogen-bond acceptors (Lipinski definition) is 3. The first-order chi connectivity index (χ1) is 8.58. The van der Waals surface area contributed by atoms with E-state index in [0.29, 0.717) is 10.4 Å². The van der Waals surface area contributed by atoms with Crippen LogP contribution in [0.15, 0.2) is 41.4 Å². The maximum atomic E-state index is 10.9. The SMILES string of the molecule is CN(C(=O)O)c1cccc(-c2cnc(Br)nc2)c1. The van der Waals surface area contributed by atoms with Crippen LogP contribution in [0.3, 0.4) is 0 Å². The lowest BCUT2D eigenvalue weighted by Crippen LogP contribution is -2.23. The van der Waals surface area contributed by atoms with Crippen molar-refractivity contribution in [2.45, 2.75) is 0 Å². The molecule has 0 unspecified atom stereocenters. The van der Waals surface area contributed by atoms with Crippen LogP contribution < -0.4 is 4.90 Å². The summed E-state index contributed by atoms with van der Waals surface area (Å²) in [5.74, 6) is 0. The third-order valence-corrected chi connectivity index (χ3v) is 2.88. The number of carbonyl (C=O) groups is 1. The van der Waals surface area contributed by atoms with Crippen LogP contribution in [-0.4, -0.2) is 28.2 Å². The van der Waals surface area contributed by atoms with Gasteiger partial charge in [-0.25, -0.2) is 14.8 Å². The van der Waals surface area contributed by atoms with Gasteiger partial charge in [0.15, 0.2) is 4.73 Å². The zero-order valence-corrected chi connectivity index (χ0v) is 11.1. The number of amides is 1. The van der Waals surface area contributed by atoms with Crippen molar-refractivity contribution in [3.8, 4) is 11.1 Å². The fraction of sp³-hybridized carbons (Fsp3) is 0.0833. The Kier molecular flexibility index (Phi) is 3.57. The summed E-state index contributed by atoms with van der Waals surface area (Å²) in [4.78, 5) is 20.1. The number of carboxylic acid groups (broad SMARTS) is 1. The fourth-order valence-corrected chi connectivity index (χ4v) is 1.67. The number of benzene rings is 1. The van der Waals surface area contributed by atoms with E-state index in [0.717, 1.165) is 16.0 Å². The number of halogens is 1. The molecule has 0 saturated carbocycles. The van der Waals surface area contributed by atoms with Crippen molar-refractivity contribution in [1.82, 2.24) is 9.97 Å². The molecule has 1 aromatic heterocycles. The van der Waals surface area contributed by atoms with E-state index in [1.165, 1.54) is 7.05 Å². The Morgan fingerprint density at radius 1 is 1.28 bits per heavy atom. The monoisotopic (exact) mass is 307 g/mol. The lowest BCUT2D eigenvalue weighted by Gasteiger charge is -2.13. The summed E-state index contributed by atoms with van der Waals surface area (Å²) in [6, 6.07) is 7.19. The van der Waals surface area contributed by atoms with E-state index < -0.39 is 6.09 Å². The number of anilines is 1. The second-order valence-corrected chi connectivity index (χ2v) is 4.34. The first-order valence-corrected chi connectivity index (χ1v) is 5.92. The molecule has 0 atom stereocenters. The molecule has 6 heteroatoms. The van der Waals surface area contributed by atoms with Crippen LogP contribution >= 0.6 is 15.9 Å². The molecule has 1 aromatic carbocycles. The van der Waals surface area contributed by atoms with Gasteiger partial charge in [-0.2, -0.15) is 0 Å². The van der Waals surface area contributed by atoms with Crippen LogP contribution in [0, 0.1) is 0 Å². The topological polar surface area (TPSA) is 66.3 Å². The normalized spacial score (nSPS) is 10.1. The van der Waals surface area contributed by atoms with Gasteiger partial charge in [-0.15, -0.1) is 0 Å². The molecule has 2 aromatic rings. The summed E-state index contributed by atoms with van der Waals surface area (Å²) in [5, 5.41) is 8.93. The van der Waals surface area contributed by atoms with E-state index in [-0.39, 0.29) is 0 Å². The van der Waals surface area contributed by atoms with Gasteiger partial charge in [-0.1, -0.05) is 12.1 Å². The minimum Gasteiger partial charge on any atom is -0.465 e. The second-order valence-electron chi connectivity index (χ2n) is 3.63. The Labute approximate surface area is 112 Å². The lowest BCUT2D eigenvalue weighted by molar-refractivity contribution is 0.203. The van der Waals surface area contributed by atoms with E-state index >= 15 is 0 Å². The predicted molar refractivity (Wildman–Crippen MR) is 71.6 cm³/mol. The molecule has 1 N–H and O–H groups in total. The zero-order valence-electron chi connectivity index (χ0n) is 9.54. The maximum absolute atomic E-state index is 10.9. The highest BCUT2D eigenvalue weighted by Gasteiger charge is 2.09. The number of nitrogens with zero attached hydrogens (tertiary/aromatic N) is 3. The molecule has 5 nitrogen and oxygen atoms in total. The van der Waals surface area contributed by atoms with Gasteiger partial charge < -0.3 is 5.11 Å². The van der Waals surface area contributed by atoms with Crippen LogP contribution in [0.1, 0.15) is 0 Å². The van der Waals surface area contributed by atoms with Gasteiger partial charge >= 0.3 is 6.09 Å². The summed E-state index contributed by atoms with van der Waals surface area (Å²) in [6.45, 7) is 0. The maximum Gasteiger partial charge on any atom is 0.411 e. The lowest BCUT2D eigenvalue weighted by atomic mass is 10.1. The van der Waals surface area contributed by atoms with Gasteiger partial charge in [0.05, 0.1) is 0 Å². The molecule has 0 bridgehead atoms. The summed E-state index contributed by atoms with van der Waals surface area (Å²) < 4.78 is 0.519. The highest BCUT2D eigenvalue weighted by molar-refractivity contribution is 9.10. The Balaban J connectivity index is 2.38. The van der Waals surface area contributed by atoms with Crippen LogP contribution in [-0.2, 0) is 0 Å². The van der Waals surface area contributed by atoms with Crippen molar-refractivity contribution in [1.29, 1.82) is 0 Å². The van der Waals surface area contributed by atoms with Gasteiger partial charge in [-0.3, -0.25) is 4.90 Å². The summed E-state index contributed by atoms with van der Waals surface area (Å²) >= 11 is 3.17. The molecule has 0 saturated heterocycles. The molecule has 0 aliphatic rings. The molecular formula is C12H10BrN3O2. The van der Waals surface area contributed by atoms with Gasteiger partial charge in [0.25, 0.3) is 0 Å². The van der Waals surface area contributed by atoms with E-state index in [2.05, 4.69) is 25.9 Å². The average Bonchev–Trinajstić information content (AvgIpc) is 2.38. The summed E-state index contributed by atoms with van der Waals surface area (Å²) in [6.07, 6.45) is 2.35. The molecule has 0 spiro atoms. The van der Waals surface area contributed by atoms with E-state index in [9.17, 15) is 4.79 Å². The molecule has 1 amide bonds. The number of aromatic nitrogens is 2. The molecule has 92 valence electrons. The average molecular weight is 308 g/mol. The van der Waals surface area contributed by atoms with Crippen LogP contribution in [0.2, 0.25) is 0 Å². The predicted octanol–water partition coefficient (Wildman–Crippen LogP) is 3.02. The van der Waals surface area contributed by atoms with Crippen molar-refractivity contribution in [2.75, 3.05) is 11.9 Å². The number of hydrogen-bond donors (Lipinski definition) is 1. The minimum absolute atomic E-state index is 0.519. The van der Waals surface area contributed by atoms with E-state index in [1.807, 2.05) is 6.07 Å². The Hall–Kier alpha value is -1.95. The standard InChI is InChI=1S/C12H10BrN3O2/c1-16(12(17)18)10-4-2-3-8(5-10)9-6-14-11(13)15-7-9/h2-7H,1H3,(H,17,18). The molecule has 0 aliphatic heterocycles. The molecule has 2 rings (SSSR count). The van der Waals surface area contributed by atoms with Gasteiger partial charge in [0, 0.05) is 30.7 Å². The van der Waals surface area contributed by atoms with Crippen molar-refractivity contribution >= 4 is 27.7 Å². The van der Waals surface area contributed by atoms with Crippen molar-refractivity contribution in [3.05, 3.63) is 41.4 Å². The highest BCUT2D eigenvalue weighted by Crippen LogP contribution is 2.23. The van der Waals surface area contributed by atoms with Crippen LogP contribution in [0.5, 0.6) is 0 Å². The van der Waals surface area contributed by atoms with Gasteiger partial charge in [-0.05, 0) is 33.6 Å². The van der Waals surface area contributed by atoms with Gasteiger partial charge in [0.1, 0.15) is 0 Å². The molecule has 0 radical (unpaired) electrons. The van der Waals surface area contributed by atoms with E-state index in [4.69, 9.17) is 5.11 Å². The molecule has 1 heterocycles. The van der Waals surface area contributed by atoms with Crippen molar-refractivity contribution in [3.63, 3.8) is 0 Å². The van der Waals surface area contributed by atoms with Crippen LogP contribution in [0.25, 0.3) is 11.1 Å². The highest BCUT2D eigenvalue weighted by atomic mass is 79.9. The van der Waals surface area contributed by atoms with Crippen molar-refractivity contribution in [2.24, 2.45) is 0 Å². The molecule has 18 heavy (non-hydrogen) atoms. The third kappa shape index (κ3) is 2.65. The third-order valence-electron chi connectivity index (χ3n) is 2.47. The largest absolute Gasteiger partial charge is 0.465 e. The summed E-state index contributed by atoms with van der Waals surface area (Å²) in [7, 11) is 1.50. The minimum atomic E-state index is -1.00. The van der Waals surface area contributed by atoms with E-state index in [1.54, 1.807) is 30.6 Å². The Morgan fingerprint density at radius 3 is 2.56 bits per heavy atom. The second kappa shape index (κ2) is 5.14. The summed E-state index contributed by atoms with van der Waals surface area (Å²) in [5.41, 5.74) is 2.30. The van der Waals surface area contributed by atoms with Crippen LogP contribution in [0.4, 0.5) is 10.5 Å². The smallest absolute Gasteiger partial charge is 0.411 e. The zero-order chi connectivity index (χ0) is 13.1. The fourth-order valence-electron chi connectivity index (χ4n) is 1.47. The molecule has 0 fully saturated rings. The first kappa shape index (κ1) is 12.5. The number of rotatable bonds is 2. The van der Waals surface area contributed by atoms with Gasteiger partial charge in [0.2, 0.25) is 0 Å². The first-order valence-electron chi connectivity index (χ1n) is 5.12.